The Morgan fingerprint density at radius 2 is 2.83 bits per heavy atom. The minimum absolute atomic E-state index is 0. The number of rotatable bonds is 0. The van der Waals surface area contributed by atoms with Crippen LogP contribution in [0.15, 0.2) is 12.3 Å². The van der Waals surface area contributed by atoms with Gasteiger partial charge in [0.15, 0.2) is 0 Å². The largest absolute Gasteiger partial charge is 1.00 e. The normalized spacial score (nSPS) is 18.3. The van der Waals surface area contributed by atoms with E-state index < -0.39 is 0 Å². The third-order valence-electron chi connectivity index (χ3n) is 0.580. The second-order valence-electron chi connectivity index (χ2n) is 1.07. The molecule has 32 valence electrons. The van der Waals surface area contributed by atoms with Crippen LogP contribution in [0.2, 0.25) is 0 Å². The summed E-state index contributed by atoms with van der Waals surface area (Å²) in [5.41, 5.74) is 0. The molecule has 0 saturated heterocycles. The first-order valence-corrected chi connectivity index (χ1v) is 1.74. The molecule has 0 amide bonds. The second kappa shape index (κ2) is 1.12. The highest BCUT2D eigenvalue weighted by Gasteiger charge is 2.00. The Kier molecular flexibility index (Phi) is 0.638. The molecule has 0 atom stereocenters. The van der Waals surface area contributed by atoms with E-state index in [4.69, 9.17) is 0 Å². The maximum absolute atomic E-state index is 9.96. The molecule has 1 aliphatic heterocycles. The van der Waals surface area contributed by atoms with Crippen molar-refractivity contribution in [2.24, 2.45) is 0 Å². The Bertz CT molecular complexity index is 87.9. The number of esters is 1. The van der Waals surface area contributed by atoms with Gasteiger partial charge in [-0.3, -0.25) is 4.79 Å². The van der Waals surface area contributed by atoms with Crippen molar-refractivity contribution in [3.8, 4) is 0 Å². The summed E-state index contributed by atoms with van der Waals surface area (Å²) < 4.78 is 4.33. The van der Waals surface area contributed by atoms with Crippen molar-refractivity contribution in [3.63, 3.8) is 0 Å². The molecule has 0 fully saturated rings. The van der Waals surface area contributed by atoms with Crippen LogP contribution in [-0.2, 0) is 9.53 Å². The van der Waals surface area contributed by atoms with Gasteiger partial charge in [0, 0.05) is 0 Å². The van der Waals surface area contributed by atoms with Crippen molar-refractivity contribution in [2.75, 3.05) is 0 Å². The van der Waals surface area contributed by atoms with Crippen LogP contribution in [0.4, 0.5) is 0 Å². The SMILES string of the molecule is O=C1CC=CO1.[H+]. The van der Waals surface area contributed by atoms with E-state index in [-0.39, 0.29) is 7.40 Å². The van der Waals surface area contributed by atoms with Gasteiger partial charge in [0.05, 0.1) is 12.7 Å². The first kappa shape index (κ1) is 3.40. The second-order valence-corrected chi connectivity index (χ2v) is 1.07. The molecular weight excluding hydrogens is 80.0 g/mol. The number of hydrogen-bond donors (Lipinski definition) is 0. The molecule has 2 nitrogen and oxygen atoms in total. The minimum Gasteiger partial charge on any atom is -0.435 e. The van der Waals surface area contributed by atoms with Crippen LogP contribution in [0.25, 0.3) is 0 Å². The van der Waals surface area contributed by atoms with Crippen molar-refractivity contribution < 1.29 is 11.0 Å². The van der Waals surface area contributed by atoms with Crippen LogP contribution in [0, 0.1) is 0 Å². The molecule has 0 aromatic rings. The highest BCUT2D eigenvalue weighted by molar-refractivity contribution is 5.73. The number of ether oxygens (including phenoxy) is 1. The molecule has 0 unspecified atom stereocenters. The third kappa shape index (κ3) is 0.407. The van der Waals surface area contributed by atoms with Gasteiger partial charge in [-0.2, -0.15) is 0 Å². The summed E-state index contributed by atoms with van der Waals surface area (Å²) >= 11 is 0. The maximum atomic E-state index is 9.96. The van der Waals surface area contributed by atoms with Crippen molar-refractivity contribution in [3.05, 3.63) is 12.3 Å². The number of carbonyl (C=O) groups is 1. The molecule has 1 rings (SSSR count). The van der Waals surface area contributed by atoms with Gasteiger partial charge < -0.3 is 4.74 Å². The van der Waals surface area contributed by atoms with Gasteiger partial charge in [-0.15, -0.1) is 0 Å². The third-order valence-corrected chi connectivity index (χ3v) is 0.580. The van der Waals surface area contributed by atoms with Crippen molar-refractivity contribution in [1.29, 1.82) is 0 Å². The van der Waals surface area contributed by atoms with Crippen LogP contribution < -0.4 is 0 Å². The zero-order chi connectivity index (χ0) is 4.41. The lowest BCUT2D eigenvalue weighted by Crippen LogP contribution is -1.87. The molecule has 0 N–H and O–H groups in total. The predicted molar refractivity (Wildman–Crippen MR) is 21.0 cm³/mol. The lowest BCUT2D eigenvalue weighted by Gasteiger charge is -1.78. The van der Waals surface area contributed by atoms with Crippen LogP contribution >= 0.6 is 0 Å². The molecular formula is C4H5O2+. The number of hydrogen-bond acceptors (Lipinski definition) is 2. The summed E-state index contributed by atoms with van der Waals surface area (Å²) in [5, 5.41) is 0. The van der Waals surface area contributed by atoms with E-state index in [2.05, 4.69) is 4.74 Å². The summed E-state index contributed by atoms with van der Waals surface area (Å²) in [6.07, 6.45) is 3.53. The topological polar surface area (TPSA) is 26.3 Å². The predicted octanol–water partition coefficient (Wildman–Crippen LogP) is 0.559. The average molecular weight is 85.1 g/mol. The molecule has 0 spiro atoms. The molecule has 0 aromatic heterocycles. The highest BCUT2D eigenvalue weighted by atomic mass is 16.5. The zero-order valence-electron chi connectivity index (χ0n) is 4.18. The average Bonchev–Trinajstić information content (AvgIpc) is 1.86. The summed E-state index contributed by atoms with van der Waals surface area (Å²) in [6, 6.07) is 0. The summed E-state index contributed by atoms with van der Waals surface area (Å²) in [7, 11) is 0. The fourth-order valence-electron chi connectivity index (χ4n) is 0.316. The van der Waals surface area contributed by atoms with Crippen LogP contribution in [0.5, 0.6) is 0 Å². The van der Waals surface area contributed by atoms with E-state index >= 15 is 0 Å². The quantitative estimate of drug-likeness (QED) is 0.402. The van der Waals surface area contributed by atoms with Crippen LogP contribution in [0.1, 0.15) is 7.85 Å². The molecule has 1 heterocycles. The molecule has 0 bridgehead atoms. The van der Waals surface area contributed by atoms with Crippen molar-refractivity contribution >= 4 is 5.97 Å². The summed E-state index contributed by atoms with van der Waals surface area (Å²) in [6.45, 7) is 0. The zero-order valence-corrected chi connectivity index (χ0v) is 3.18. The molecule has 0 saturated carbocycles. The van der Waals surface area contributed by atoms with E-state index in [1.54, 1.807) is 6.08 Å². The Balaban J connectivity index is 0.000000360. The van der Waals surface area contributed by atoms with E-state index in [0.717, 1.165) is 0 Å². The lowest BCUT2D eigenvalue weighted by molar-refractivity contribution is -0.135. The van der Waals surface area contributed by atoms with Crippen LogP contribution in [0.3, 0.4) is 0 Å². The Morgan fingerprint density at radius 3 is 3.00 bits per heavy atom. The smallest absolute Gasteiger partial charge is 0.435 e. The van der Waals surface area contributed by atoms with Gasteiger partial charge in [0.2, 0.25) is 0 Å². The molecule has 0 aromatic carbocycles. The lowest BCUT2D eigenvalue weighted by atomic mass is 10.5. The molecule has 0 aliphatic carbocycles. The first-order chi connectivity index (χ1) is 2.89. The van der Waals surface area contributed by atoms with Crippen LogP contribution in [-0.4, -0.2) is 5.97 Å². The molecule has 6 heavy (non-hydrogen) atoms. The summed E-state index contributed by atoms with van der Waals surface area (Å²) in [5.74, 6) is -0.157. The van der Waals surface area contributed by atoms with Crippen molar-refractivity contribution in [1.82, 2.24) is 0 Å². The standard InChI is InChI=1S/C4H4O2/c5-4-2-1-3-6-4/h1,3H,2H2/p+1. The summed E-state index contributed by atoms with van der Waals surface area (Å²) in [4.78, 5) is 9.96. The van der Waals surface area contributed by atoms with Gasteiger partial charge >= 0.3 is 7.40 Å². The maximum Gasteiger partial charge on any atom is 1.00 e. The van der Waals surface area contributed by atoms with Gasteiger partial charge in [-0.25, -0.2) is 0 Å². The minimum atomic E-state index is -0.157. The van der Waals surface area contributed by atoms with Gasteiger partial charge in [0.25, 0.3) is 0 Å². The van der Waals surface area contributed by atoms with E-state index in [1.807, 2.05) is 0 Å². The number of cyclic esters (lactones) is 1. The van der Waals surface area contributed by atoms with Crippen molar-refractivity contribution in [2.45, 2.75) is 6.42 Å². The fourth-order valence-corrected chi connectivity index (χ4v) is 0.316. The number of carbonyl (C=O) groups excluding carboxylic acids is 1. The van der Waals surface area contributed by atoms with Gasteiger partial charge in [-0.1, -0.05) is 0 Å². The first-order valence-electron chi connectivity index (χ1n) is 1.74. The fraction of sp³-hybridized carbons (Fsp3) is 0.250. The Hall–Kier alpha value is -0.790. The molecule has 0 radical (unpaired) electrons. The highest BCUT2D eigenvalue weighted by Crippen LogP contribution is 1.96. The monoisotopic (exact) mass is 85.0 g/mol. The molecule has 1 aliphatic rings. The van der Waals surface area contributed by atoms with E-state index in [9.17, 15) is 4.79 Å². The van der Waals surface area contributed by atoms with Gasteiger partial charge in [-0.05, 0) is 6.08 Å². The Morgan fingerprint density at radius 1 is 2.00 bits per heavy atom. The van der Waals surface area contributed by atoms with E-state index in [0.29, 0.717) is 6.42 Å². The van der Waals surface area contributed by atoms with Gasteiger partial charge in [0.1, 0.15) is 0 Å². The molecule has 2 heteroatoms. The van der Waals surface area contributed by atoms with E-state index in [1.165, 1.54) is 6.26 Å². The Labute approximate surface area is 36.9 Å².